The summed E-state index contributed by atoms with van der Waals surface area (Å²) >= 11 is 5.89. The Hall–Kier alpha value is -2.67. The molecule has 0 aliphatic carbocycles. The first-order valence-electron chi connectivity index (χ1n) is 8.62. The highest BCUT2D eigenvalue weighted by atomic mass is 35.5. The fourth-order valence-corrected chi connectivity index (χ4v) is 3.44. The molecular weight excluding hydrogens is 352 g/mol. The Labute approximate surface area is 155 Å². The zero-order valence-electron chi connectivity index (χ0n) is 14.2. The van der Waals surface area contributed by atoms with Gasteiger partial charge < -0.3 is 15.2 Å². The number of halogens is 1. The van der Waals surface area contributed by atoms with E-state index in [2.05, 4.69) is 30.2 Å². The van der Waals surface area contributed by atoms with Gasteiger partial charge in [-0.3, -0.25) is 4.79 Å². The number of nitrogens with one attached hydrogen (secondary N) is 2. The molecule has 1 saturated heterocycles. The molecule has 26 heavy (non-hydrogen) atoms. The number of imidazole rings is 1. The van der Waals surface area contributed by atoms with Crippen molar-refractivity contribution >= 4 is 34.5 Å². The van der Waals surface area contributed by atoms with E-state index in [1.54, 1.807) is 6.33 Å². The van der Waals surface area contributed by atoms with E-state index in [1.807, 2.05) is 24.3 Å². The van der Waals surface area contributed by atoms with Crippen LogP contribution in [-0.4, -0.2) is 38.9 Å². The van der Waals surface area contributed by atoms with Crippen LogP contribution in [-0.2, 0) is 11.3 Å². The van der Waals surface area contributed by atoms with Crippen LogP contribution < -0.4 is 10.2 Å². The van der Waals surface area contributed by atoms with E-state index in [-0.39, 0.29) is 11.8 Å². The number of carbonyl (C=O) groups excluding carboxylic acids is 1. The number of piperidine rings is 1. The molecule has 0 bridgehead atoms. The largest absolute Gasteiger partial charge is 0.354 e. The molecule has 134 valence electrons. The number of anilines is 1. The lowest BCUT2D eigenvalue weighted by Crippen LogP contribution is -2.43. The first-order valence-corrected chi connectivity index (χ1v) is 8.99. The minimum Gasteiger partial charge on any atom is -0.354 e. The molecule has 1 amide bonds. The molecule has 1 atom stereocenters. The van der Waals surface area contributed by atoms with Gasteiger partial charge in [-0.2, -0.15) is 0 Å². The van der Waals surface area contributed by atoms with Gasteiger partial charge in [0.05, 0.1) is 12.2 Å². The van der Waals surface area contributed by atoms with Gasteiger partial charge >= 0.3 is 0 Å². The first-order chi connectivity index (χ1) is 12.7. The second-order valence-corrected chi connectivity index (χ2v) is 6.86. The summed E-state index contributed by atoms with van der Waals surface area (Å²) in [4.78, 5) is 30.6. The van der Waals surface area contributed by atoms with Crippen molar-refractivity contribution in [3.8, 4) is 0 Å². The number of hydrogen-bond donors (Lipinski definition) is 2. The number of amides is 1. The number of aromatic amines is 1. The molecular formula is C18H19ClN6O. The lowest BCUT2D eigenvalue weighted by atomic mass is 9.97. The molecule has 3 aromatic rings. The smallest absolute Gasteiger partial charge is 0.225 e. The van der Waals surface area contributed by atoms with Gasteiger partial charge in [-0.15, -0.1) is 0 Å². The van der Waals surface area contributed by atoms with Gasteiger partial charge in [-0.05, 0) is 30.5 Å². The molecule has 2 aromatic heterocycles. The summed E-state index contributed by atoms with van der Waals surface area (Å²) < 4.78 is 0. The Morgan fingerprint density at radius 2 is 2.12 bits per heavy atom. The summed E-state index contributed by atoms with van der Waals surface area (Å²) in [7, 11) is 0. The molecule has 0 saturated carbocycles. The van der Waals surface area contributed by atoms with E-state index in [4.69, 9.17) is 11.6 Å². The van der Waals surface area contributed by atoms with Crippen molar-refractivity contribution in [1.82, 2.24) is 25.3 Å². The summed E-state index contributed by atoms with van der Waals surface area (Å²) in [5.41, 5.74) is 2.49. The second kappa shape index (κ2) is 7.29. The second-order valence-electron chi connectivity index (χ2n) is 6.43. The van der Waals surface area contributed by atoms with Gasteiger partial charge in [-0.1, -0.05) is 23.7 Å². The van der Waals surface area contributed by atoms with E-state index < -0.39 is 0 Å². The van der Waals surface area contributed by atoms with E-state index in [1.165, 1.54) is 6.33 Å². The van der Waals surface area contributed by atoms with Crippen molar-refractivity contribution < 1.29 is 4.79 Å². The summed E-state index contributed by atoms with van der Waals surface area (Å²) in [5, 5.41) is 3.72. The molecule has 1 fully saturated rings. The van der Waals surface area contributed by atoms with Gasteiger partial charge in [0.25, 0.3) is 0 Å². The number of fused-ring (bicyclic) bond motifs is 1. The van der Waals surface area contributed by atoms with Gasteiger partial charge in [-0.25, -0.2) is 15.0 Å². The zero-order valence-corrected chi connectivity index (χ0v) is 14.9. The molecule has 1 aliphatic heterocycles. The van der Waals surface area contributed by atoms with Crippen LogP contribution in [0.25, 0.3) is 11.2 Å². The van der Waals surface area contributed by atoms with Gasteiger partial charge in [0, 0.05) is 24.7 Å². The van der Waals surface area contributed by atoms with Gasteiger partial charge in [0.2, 0.25) is 5.91 Å². The highest BCUT2D eigenvalue weighted by Crippen LogP contribution is 2.25. The summed E-state index contributed by atoms with van der Waals surface area (Å²) in [6.07, 6.45) is 4.95. The molecule has 1 aliphatic rings. The number of aromatic nitrogens is 4. The maximum Gasteiger partial charge on any atom is 0.225 e. The average Bonchev–Trinajstić information content (AvgIpc) is 3.16. The zero-order chi connectivity index (χ0) is 17.9. The number of H-pyrrole nitrogens is 1. The van der Waals surface area contributed by atoms with Crippen molar-refractivity contribution in [2.75, 3.05) is 18.0 Å². The monoisotopic (exact) mass is 370 g/mol. The molecule has 7 nitrogen and oxygen atoms in total. The van der Waals surface area contributed by atoms with Crippen molar-refractivity contribution in [2.45, 2.75) is 19.4 Å². The minimum atomic E-state index is -0.0658. The predicted molar refractivity (Wildman–Crippen MR) is 99.9 cm³/mol. The third-order valence-corrected chi connectivity index (χ3v) is 4.93. The summed E-state index contributed by atoms with van der Waals surface area (Å²) in [5.74, 6) is 0.811. The van der Waals surface area contributed by atoms with E-state index >= 15 is 0 Å². The molecule has 8 heteroatoms. The van der Waals surface area contributed by atoms with Crippen molar-refractivity contribution in [1.29, 1.82) is 0 Å². The predicted octanol–water partition coefficient (Wildman–Crippen LogP) is 2.54. The van der Waals surface area contributed by atoms with Crippen LogP contribution in [0.3, 0.4) is 0 Å². The topological polar surface area (TPSA) is 86.8 Å². The lowest BCUT2D eigenvalue weighted by molar-refractivity contribution is -0.125. The van der Waals surface area contributed by atoms with Gasteiger partial charge in [0.1, 0.15) is 11.8 Å². The Bertz CT molecular complexity index is 909. The van der Waals surface area contributed by atoms with Crippen LogP contribution in [0.15, 0.2) is 36.9 Å². The van der Waals surface area contributed by atoms with Crippen LogP contribution >= 0.6 is 11.6 Å². The molecule has 3 heterocycles. The van der Waals surface area contributed by atoms with Crippen LogP contribution in [0.2, 0.25) is 5.02 Å². The standard InChI is InChI=1S/C18H19ClN6O/c19-14-5-3-12(4-6-14)8-20-18(26)13-2-1-7-25(9-13)17-15-16(22-10-21-15)23-11-24-17/h3-6,10-11,13H,1-2,7-9H2,(H,20,26)(H,21,22,23,24)/t13-/m1/s1. The maximum atomic E-state index is 12.6. The third kappa shape index (κ3) is 3.48. The van der Waals surface area contributed by atoms with Crippen LogP contribution in [0, 0.1) is 5.92 Å². The van der Waals surface area contributed by atoms with Crippen LogP contribution in [0.5, 0.6) is 0 Å². The van der Waals surface area contributed by atoms with E-state index in [0.717, 1.165) is 36.3 Å². The molecule has 0 unspecified atom stereocenters. The van der Waals surface area contributed by atoms with Crippen molar-refractivity contribution in [3.05, 3.63) is 47.5 Å². The van der Waals surface area contributed by atoms with Gasteiger partial charge in [0.15, 0.2) is 11.5 Å². The number of carbonyl (C=O) groups is 1. The highest BCUT2D eigenvalue weighted by molar-refractivity contribution is 6.30. The van der Waals surface area contributed by atoms with Crippen molar-refractivity contribution in [2.24, 2.45) is 5.92 Å². The third-order valence-electron chi connectivity index (χ3n) is 4.67. The lowest BCUT2D eigenvalue weighted by Gasteiger charge is -2.32. The number of nitrogens with zero attached hydrogens (tertiary/aromatic N) is 4. The number of rotatable bonds is 4. The number of benzene rings is 1. The molecule has 0 spiro atoms. The van der Waals surface area contributed by atoms with E-state index in [0.29, 0.717) is 23.8 Å². The Kier molecular flexibility index (Phi) is 4.71. The summed E-state index contributed by atoms with van der Waals surface area (Å²) in [6.45, 7) is 2.01. The SMILES string of the molecule is O=C(NCc1ccc(Cl)cc1)[C@@H]1CCCN(c2ncnc3nc[nH]c23)C1. The molecule has 4 rings (SSSR count). The highest BCUT2D eigenvalue weighted by Gasteiger charge is 2.27. The Morgan fingerprint density at radius 3 is 2.96 bits per heavy atom. The Balaban J connectivity index is 1.42. The molecule has 0 radical (unpaired) electrons. The molecule has 1 aromatic carbocycles. The maximum absolute atomic E-state index is 12.6. The number of hydrogen-bond acceptors (Lipinski definition) is 5. The fourth-order valence-electron chi connectivity index (χ4n) is 3.31. The Morgan fingerprint density at radius 1 is 1.27 bits per heavy atom. The fraction of sp³-hybridized carbons (Fsp3) is 0.333. The minimum absolute atomic E-state index is 0.0658. The quantitative estimate of drug-likeness (QED) is 0.737. The summed E-state index contributed by atoms with van der Waals surface area (Å²) in [6, 6.07) is 7.50. The van der Waals surface area contributed by atoms with E-state index in [9.17, 15) is 4.79 Å². The van der Waals surface area contributed by atoms with Crippen LogP contribution in [0.4, 0.5) is 5.82 Å². The van der Waals surface area contributed by atoms with Crippen LogP contribution in [0.1, 0.15) is 18.4 Å². The first kappa shape index (κ1) is 16.8. The normalized spacial score (nSPS) is 17.4. The van der Waals surface area contributed by atoms with Crippen molar-refractivity contribution in [3.63, 3.8) is 0 Å². The molecule has 2 N–H and O–H groups in total. The average molecular weight is 371 g/mol.